The lowest BCUT2D eigenvalue weighted by Gasteiger charge is -2.21. The number of benzene rings is 1. The van der Waals surface area contributed by atoms with Gasteiger partial charge < -0.3 is 5.32 Å². The third-order valence-electron chi connectivity index (χ3n) is 3.09. The molecule has 0 fully saturated rings. The molecular formula is C15H25NS. The predicted octanol–water partition coefficient (Wildman–Crippen LogP) is 3.86. The third kappa shape index (κ3) is 5.13. The Morgan fingerprint density at radius 1 is 1.24 bits per heavy atom. The third-order valence-corrected chi connectivity index (χ3v) is 4.20. The lowest BCUT2D eigenvalue weighted by molar-refractivity contribution is 0.443. The Labute approximate surface area is 110 Å². The van der Waals surface area contributed by atoms with Crippen molar-refractivity contribution in [2.45, 2.75) is 39.5 Å². The number of hydrogen-bond acceptors (Lipinski definition) is 2. The van der Waals surface area contributed by atoms with Crippen LogP contribution in [0.5, 0.6) is 0 Å². The van der Waals surface area contributed by atoms with Gasteiger partial charge in [-0.2, -0.15) is 11.8 Å². The molecule has 0 aromatic heterocycles. The Bertz CT molecular complexity index is 322. The Morgan fingerprint density at radius 2 is 1.94 bits per heavy atom. The molecule has 0 amide bonds. The summed E-state index contributed by atoms with van der Waals surface area (Å²) in [5, 5.41) is 3.56. The molecule has 1 nitrogen and oxygen atoms in total. The van der Waals surface area contributed by atoms with E-state index in [1.54, 1.807) is 0 Å². The molecular weight excluding hydrogens is 226 g/mol. The molecule has 0 spiro atoms. The van der Waals surface area contributed by atoms with E-state index in [0.29, 0.717) is 12.0 Å². The largest absolute Gasteiger partial charge is 0.313 e. The lowest BCUT2D eigenvalue weighted by atomic mass is 10.1. The van der Waals surface area contributed by atoms with Gasteiger partial charge >= 0.3 is 0 Å². The second-order valence-electron chi connectivity index (χ2n) is 4.85. The van der Waals surface area contributed by atoms with Crippen molar-refractivity contribution >= 4 is 11.8 Å². The number of nitrogens with one attached hydrogen (secondary N) is 1. The van der Waals surface area contributed by atoms with Crippen LogP contribution in [-0.2, 0) is 5.75 Å². The van der Waals surface area contributed by atoms with Crippen LogP contribution in [0, 0.1) is 12.8 Å². The normalized spacial score (nSPS) is 13.0. The van der Waals surface area contributed by atoms with Crippen molar-refractivity contribution in [3.8, 4) is 0 Å². The Hall–Kier alpha value is -0.470. The fourth-order valence-electron chi connectivity index (χ4n) is 1.82. The first kappa shape index (κ1) is 14.6. The Morgan fingerprint density at radius 3 is 2.53 bits per heavy atom. The van der Waals surface area contributed by atoms with Gasteiger partial charge in [-0.25, -0.2) is 0 Å². The van der Waals surface area contributed by atoms with Gasteiger partial charge in [0.25, 0.3) is 0 Å². The van der Waals surface area contributed by atoms with Crippen LogP contribution < -0.4 is 5.32 Å². The van der Waals surface area contributed by atoms with Gasteiger partial charge in [0.1, 0.15) is 0 Å². The number of aryl methyl sites for hydroxylation is 1. The molecule has 0 aliphatic rings. The van der Waals surface area contributed by atoms with E-state index < -0.39 is 0 Å². The second-order valence-corrected chi connectivity index (χ2v) is 5.88. The zero-order valence-electron chi connectivity index (χ0n) is 11.5. The predicted molar refractivity (Wildman–Crippen MR) is 79.6 cm³/mol. The first-order chi connectivity index (χ1) is 8.15. The second kappa shape index (κ2) is 7.78. The van der Waals surface area contributed by atoms with E-state index in [1.165, 1.54) is 16.9 Å². The summed E-state index contributed by atoms with van der Waals surface area (Å²) in [5.41, 5.74) is 2.88. The maximum atomic E-state index is 3.56. The lowest BCUT2D eigenvalue weighted by Crippen LogP contribution is -2.35. The molecule has 2 heteroatoms. The number of thioether (sulfide) groups is 1. The van der Waals surface area contributed by atoms with Crippen molar-refractivity contribution in [2.75, 3.05) is 12.3 Å². The summed E-state index contributed by atoms with van der Waals surface area (Å²) >= 11 is 2.03. The molecule has 1 unspecified atom stereocenters. The monoisotopic (exact) mass is 251 g/mol. The molecule has 0 saturated carbocycles. The van der Waals surface area contributed by atoms with Crippen molar-refractivity contribution in [3.63, 3.8) is 0 Å². The van der Waals surface area contributed by atoms with E-state index >= 15 is 0 Å². The van der Waals surface area contributed by atoms with Crippen LogP contribution in [0.4, 0.5) is 0 Å². The van der Waals surface area contributed by atoms with Gasteiger partial charge in [0, 0.05) is 17.5 Å². The topological polar surface area (TPSA) is 12.0 Å². The van der Waals surface area contributed by atoms with E-state index in [4.69, 9.17) is 0 Å². The number of rotatable bonds is 7. The minimum Gasteiger partial charge on any atom is -0.313 e. The first-order valence-corrected chi connectivity index (χ1v) is 7.66. The fourth-order valence-corrected chi connectivity index (χ4v) is 3.24. The zero-order valence-corrected chi connectivity index (χ0v) is 12.3. The van der Waals surface area contributed by atoms with Crippen LogP contribution in [0.15, 0.2) is 24.3 Å². The van der Waals surface area contributed by atoms with Gasteiger partial charge in [-0.05, 0) is 30.5 Å². The van der Waals surface area contributed by atoms with Crippen LogP contribution >= 0.6 is 11.8 Å². The fraction of sp³-hybridized carbons (Fsp3) is 0.600. The quantitative estimate of drug-likeness (QED) is 0.789. The Balaban J connectivity index is 2.38. The average molecular weight is 251 g/mol. The van der Waals surface area contributed by atoms with E-state index in [9.17, 15) is 0 Å². The van der Waals surface area contributed by atoms with Crippen LogP contribution in [-0.4, -0.2) is 18.3 Å². The van der Waals surface area contributed by atoms with Crippen LogP contribution in [0.25, 0.3) is 0 Å². The van der Waals surface area contributed by atoms with Gasteiger partial charge in [0.15, 0.2) is 0 Å². The molecule has 1 rings (SSSR count). The smallest absolute Gasteiger partial charge is 0.0187 e. The molecule has 0 saturated heterocycles. The first-order valence-electron chi connectivity index (χ1n) is 6.50. The molecule has 0 aliphatic carbocycles. The summed E-state index contributed by atoms with van der Waals surface area (Å²) in [6.07, 6.45) is 0. The summed E-state index contributed by atoms with van der Waals surface area (Å²) in [4.78, 5) is 0. The maximum Gasteiger partial charge on any atom is 0.0187 e. The van der Waals surface area contributed by atoms with Gasteiger partial charge in [-0.1, -0.05) is 45.0 Å². The van der Waals surface area contributed by atoms with Crippen molar-refractivity contribution in [2.24, 2.45) is 5.92 Å². The SMILES string of the molecule is CCNC(CSCc1ccccc1C)C(C)C. The minimum absolute atomic E-state index is 0.633. The van der Waals surface area contributed by atoms with Crippen molar-refractivity contribution in [3.05, 3.63) is 35.4 Å². The molecule has 1 aromatic rings. The molecule has 0 bridgehead atoms. The van der Waals surface area contributed by atoms with E-state index in [2.05, 4.69) is 57.3 Å². The Kier molecular flexibility index (Phi) is 6.68. The van der Waals surface area contributed by atoms with Gasteiger partial charge in [-0.15, -0.1) is 0 Å². The highest BCUT2D eigenvalue weighted by atomic mass is 32.2. The standard InChI is InChI=1S/C15H25NS/c1-5-16-15(12(2)3)11-17-10-14-9-7-6-8-13(14)4/h6-9,12,15-16H,5,10-11H2,1-4H3. The van der Waals surface area contributed by atoms with Crippen molar-refractivity contribution in [1.29, 1.82) is 0 Å². The molecule has 1 N–H and O–H groups in total. The summed E-state index contributed by atoms with van der Waals surface area (Å²) in [6, 6.07) is 9.31. The summed E-state index contributed by atoms with van der Waals surface area (Å²) < 4.78 is 0. The minimum atomic E-state index is 0.633. The van der Waals surface area contributed by atoms with E-state index in [0.717, 1.165) is 12.3 Å². The highest BCUT2D eigenvalue weighted by molar-refractivity contribution is 7.98. The van der Waals surface area contributed by atoms with Crippen LogP contribution in [0.1, 0.15) is 31.9 Å². The molecule has 1 atom stereocenters. The van der Waals surface area contributed by atoms with E-state index in [1.807, 2.05) is 11.8 Å². The van der Waals surface area contributed by atoms with Crippen molar-refractivity contribution < 1.29 is 0 Å². The molecule has 0 radical (unpaired) electrons. The zero-order chi connectivity index (χ0) is 12.7. The van der Waals surface area contributed by atoms with Gasteiger partial charge in [0.05, 0.1) is 0 Å². The molecule has 17 heavy (non-hydrogen) atoms. The maximum absolute atomic E-state index is 3.56. The summed E-state index contributed by atoms with van der Waals surface area (Å²) in [7, 11) is 0. The van der Waals surface area contributed by atoms with Gasteiger partial charge in [-0.3, -0.25) is 0 Å². The highest BCUT2D eigenvalue weighted by Crippen LogP contribution is 2.18. The summed E-state index contributed by atoms with van der Waals surface area (Å²) in [6.45, 7) is 10.0. The van der Waals surface area contributed by atoms with Gasteiger partial charge in [0.2, 0.25) is 0 Å². The molecule has 0 aliphatic heterocycles. The van der Waals surface area contributed by atoms with Crippen LogP contribution in [0.2, 0.25) is 0 Å². The average Bonchev–Trinajstić information content (AvgIpc) is 2.30. The number of hydrogen-bond donors (Lipinski definition) is 1. The van der Waals surface area contributed by atoms with Crippen LogP contribution in [0.3, 0.4) is 0 Å². The summed E-state index contributed by atoms with van der Waals surface area (Å²) in [5.74, 6) is 3.03. The molecule has 1 aromatic carbocycles. The van der Waals surface area contributed by atoms with E-state index in [-0.39, 0.29) is 0 Å². The van der Waals surface area contributed by atoms with Crippen molar-refractivity contribution in [1.82, 2.24) is 5.32 Å². The highest BCUT2D eigenvalue weighted by Gasteiger charge is 2.11. The molecule has 96 valence electrons. The molecule has 0 heterocycles.